The Kier molecular flexibility index (Phi) is 6.47. The summed E-state index contributed by atoms with van der Waals surface area (Å²) in [7, 11) is 0. The first-order valence-corrected chi connectivity index (χ1v) is 10.8. The predicted octanol–water partition coefficient (Wildman–Crippen LogP) is 5.00. The van der Waals surface area contributed by atoms with Gasteiger partial charge in [-0.2, -0.15) is 0 Å². The van der Waals surface area contributed by atoms with E-state index in [1.54, 1.807) is 0 Å². The highest BCUT2D eigenvalue weighted by Crippen LogP contribution is 2.27. The number of benzene rings is 3. The van der Waals surface area contributed by atoms with Gasteiger partial charge in [0, 0.05) is 22.8 Å². The Hall–Kier alpha value is -3.09. The number of thioether (sulfide) groups is 1. The Bertz CT molecular complexity index is 1120. The molecule has 0 saturated carbocycles. The number of nitrogens with one attached hydrogen (secondary N) is 1. The van der Waals surface area contributed by atoms with Gasteiger partial charge in [0.25, 0.3) is 0 Å². The van der Waals surface area contributed by atoms with Gasteiger partial charge in [-0.15, -0.1) is 10.2 Å². The van der Waals surface area contributed by atoms with Crippen molar-refractivity contribution in [3.05, 3.63) is 95.5 Å². The van der Waals surface area contributed by atoms with E-state index in [1.165, 1.54) is 11.8 Å². The summed E-state index contributed by atoms with van der Waals surface area (Å²) in [5, 5.41) is 13.0. The normalized spacial score (nSPS) is 10.7. The molecule has 4 aromatic rings. The zero-order valence-electron chi connectivity index (χ0n) is 16.0. The minimum atomic E-state index is -0.0705. The molecule has 4 rings (SSSR count). The highest BCUT2D eigenvalue weighted by atomic mass is 35.5. The monoisotopic (exact) mass is 434 g/mol. The maximum Gasteiger partial charge on any atom is 0.230 e. The van der Waals surface area contributed by atoms with Gasteiger partial charge in [0.2, 0.25) is 5.91 Å². The van der Waals surface area contributed by atoms with Crippen molar-refractivity contribution in [3.8, 4) is 17.1 Å². The largest absolute Gasteiger partial charge is 0.351 e. The average molecular weight is 435 g/mol. The molecule has 0 aliphatic heterocycles. The lowest BCUT2D eigenvalue weighted by atomic mass is 10.2. The zero-order valence-corrected chi connectivity index (χ0v) is 17.6. The molecule has 30 heavy (non-hydrogen) atoms. The molecule has 0 unspecified atom stereocenters. The van der Waals surface area contributed by atoms with Crippen LogP contribution in [0.3, 0.4) is 0 Å². The number of nitrogens with zero attached hydrogens (tertiary/aromatic N) is 3. The van der Waals surface area contributed by atoms with Gasteiger partial charge in [-0.05, 0) is 29.8 Å². The van der Waals surface area contributed by atoms with E-state index in [0.717, 1.165) is 22.6 Å². The fourth-order valence-electron chi connectivity index (χ4n) is 2.93. The van der Waals surface area contributed by atoms with Crippen LogP contribution in [0.25, 0.3) is 17.1 Å². The molecule has 0 radical (unpaired) electrons. The number of carbonyl (C=O) groups is 1. The van der Waals surface area contributed by atoms with Crippen LogP contribution in [0.15, 0.2) is 90.1 Å². The first-order chi connectivity index (χ1) is 14.7. The van der Waals surface area contributed by atoms with E-state index in [-0.39, 0.29) is 11.7 Å². The number of amides is 1. The van der Waals surface area contributed by atoms with Crippen molar-refractivity contribution in [1.29, 1.82) is 0 Å². The van der Waals surface area contributed by atoms with Gasteiger partial charge < -0.3 is 5.32 Å². The average Bonchev–Trinajstić information content (AvgIpc) is 3.22. The van der Waals surface area contributed by atoms with Gasteiger partial charge in [0.15, 0.2) is 11.0 Å². The van der Waals surface area contributed by atoms with Gasteiger partial charge in [0.05, 0.1) is 5.75 Å². The van der Waals surface area contributed by atoms with Gasteiger partial charge in [0.1, 0.15) is 0 Å². The van der Waals surface area contributed by atoms with Crippen LogP contribution in [-0.2, 0) is 11.3 Å². The zero-order chi connectivity index (χ0) is 20.8. The highest BCUT2D eigenvalue weighted by molar-refractivity contribution is 7.99. The lowest BCUT2D eigenvalue weighted by molar-refractivity contribution is -0.118. The summed E-state index contributed by atoms with van der Waals surface area (Å²) >= 11 is 7.26. The van der Waals surface area contributed by atoms with Gasteiger partial charge >= 0.3 is 0 Å². The molecule has 150 valence electrons. The SMILES string of the molecule is O=C(CSc1nnc(-c2ccccc2)n1-c1ccccc1)NCc1ccc(Cl)cc1. The van der Waals surface area contributed by atoms with Crippen molar-refractivity contribution in [2.24, 2.45) is 0 Å². The summed E-state index contributed by atoms with van der Waals surface area (Å²) in [6, 6.07) is 27.2. The molecule has 3 aromatic carbocycles. The molecule has 0 saturated heterocycles. The molecule has 0 bridgehead atoms. The van der Waals surface area contributed by atoms with Crippen molar-refractivity contribution in [1.82, 2.24) is 20.1 Å². The van der Waals surface area contributed by atoms with E-state index in [4.69, 9.17) is 11.6 Å². The standard InChI is InChI=1S/C23H19ClN4OS/c24-19-13-11-17(12-14-19)15-25-21(29)16-30-23-27-26-22(18-7-3-1-4-8-18)28(23)20-9-5-2-6-10-20/h1-14H,15-16H2,(H,25,29). The minimum absolute atomic E-state index is 0.0705. The Morgan fingerprint density at radius 1 is 0.900 bits per heavy atom. The third kappa shape index (κ3) is 4.90. The second-order valence-corrected chi connectivity index (χ2v) is 7.91. The first-order valence-electron chi connectivity index (χ1n) is 9.41. The Morgan fingerprint density at radius 2 is 1.57 bits per heavy atom. The van der Waals surface area contributed by atoms with E-state index < -0.39 is 0 Å². The van der Waals surface area contributed by atoms with Crippen molar-refractivity contribution in [2.75, 3.05) is 5.75 Å². The van der Waals surface area contributed by atoms with Crippen LogP contribution in [0.4, 0.5) is 0 Å². The van der Waals surface area contributed by atoms with Gasteiger partial charge in [-0.25, -0.2) is 0 Å². The maximum atomic E-state index is 12.4. The van der Waals surface area contributed by atoms with E-state index in [9.17, 15) is 4.79 Å². The van der Waals surface area contributed by atoms with Crippen molar-refractivity contribution in [3.63, 3.8) is 0 Å². The van der Waals surface area contributed by atoms with Crippen LogP contribution in [0.2, 0.25) is 5.02 Å². The summed E-state index contributed by atoms with van der Waals surface area (Å²) < 4.78 is 1.98. The van der Waals surface area contributed by atoms with E-state index >= 15 is 0 Å². The molecule has 1 aromatic heterocycles. The number of rotatable bonds is 7. The summed E-state index contributed by atoms with van der Waals surface area (Å²) in [4.78, 5) is 12.4. The van der Waals surface area contributed by atoms with Crippen LogP contribution in [0.5, 0.6) is 0 Å². The number of halogens is 1. The minimum Gasteiger partial charge on any atom is -0.351 e. The van der Waals surface area contributed by atoms with Crippen molar-refractivity contribution < 1.29 is 4.79 Å². The molecule has 1 amide bonds. The number of carbonyl (C=O) groups excluding carboxylic acids is 1. The fraction of sp³-hybridized carbons (Fsp3) is 0.0870. The summed E-state index contributed by atoms with van der Waals surface area (Å²) in [6.45, 7) is 0.456. The quantitative estimate of drug-likeness (QED) is 0.416. The Balaban J connectivity index is 1.49. The molecule has 1 N–H and O–H groups in total. The number of para-hydroxylation sites is 1. The smallest absolute Gasteiger partial charge is 0.230 e. The molecule has 0 aliphatic carbocycles. The maximum absolute atomic E-state index is 12.4. The van der Waals surface area contributed by atoms with E-state index in [1.807, 2.05) is 89.5 Å². The third-order valence-electron chi connectivity index (χ3n) is 4.42. The molecule has 0 aliphatic rings. The third-order valence-corrected chi connectivity index (χ3v) is 5.60. The van der Waals surface area contributed by atoms with E-state index in [0.29, 0.717) is 16.7 Å². The summed E-state index contributed by atoms with van der Waals surface area (Å²) in [5.74, 6) is 0.914. The van der Waals surface area contributed by atoms with Crippen LogP contribution in [0.1, 0.15) is 5.56 Å². The summed E-state index contributed by atoms with van der Waals surface area (Å²) in [5.41, 5.74) is 2.91. The molecular weight excluding hydrogens is 416 g/mol. The topological polar surface area (TPSA) is 59.8 Å². The summed E-state index contributed by atoms with van der Waals surface area (Å²) in [6.07, 6.45) is 0. The highest BCUT2D eigenvalue weighted by Gasteiger charge is 2.17. The van der Waals surface area contributed by atoms with Crippen molar-refractivity contribution >= 4 is 29.3 Å². The Labute approximate surface area is 184 Å². The molecule has 0 spiro atoms. The molecule has 1 heterocycles. The lowest BCUT2D eigenvalue weighted by Crippen LogP contribution is -2.24. The first kappa shape index (κ1) is 20.2. The Morgan fingerprint density at radius 3 is 2.27 bits per heavy atom. The van der Waals surface area contributed by atoms with E-state index in [2.05, 4.69) is 15.5 Å². The number of aromatic nitrogens is 3. The number of hydrogen-bond donors (Lipinski definition) is 1. The van der Waals surface area contributed by atoms with Crippen LogP contribution >= 0.6 is 23.4 Å². The number of hydrogen-bond acceptors (Lipinski definition) is 4. The molecule has 0 fully saturated rings. The molecular formula is C23H19ClN4OS. The molecule has 0 atom stereocenters. The molecule has 7 heteroatoms. The fourth-order valence-corrected chi connectivity index (χ4v) is 3.84. The van der Waals surface area contributed by atoms with Crippen LogP contribution < -0.4 is 5.32 Å². The lowest BCUT2D eigenvalue weighted by Gasteiger charge is -2.10. The van der Waals surface area contributed by atoms with Crippen LogP contribution in [-0.4, -0.2) is 26.4 Å². The second-order valence-electron chi connectivity index (χ2n) is 6.54. The molecule has 5 nitrogen and oxygen atoms in total. The van der Waals surface area contributed by atoms with Crippen molar-refractivity contribution in [2.45, 2.75) is 11.7 Å². The second kappa shape index (κ2) is 9.61. The van der Waals surface area contributed by atoms with Gasteiger partial charge in [-0.1, -0.05) is 84.0 Å². The predicted molar refractivity (Wildman–Crippen MR) is 121 cm³/mol. The van der Waals surface area contributed by atoms with Crippen LogP contribution in [0, 0.1) is 0 Å². The van der Waals surface area contributed by atoms with Gasteiger partial charge in [-0.3, -0.25) is 9.36 Å².